The van der Waals surface area contributed by atoms with E-state index in [1.165, 1.54) is 0 Å². The van der Waals surface area contributed by atoms with Crippen LogP contribution < -0.4 is 4.74 Å². The van der Waals surface area contributed by atoms with Gasteiger partial charge in [-0.05, 0) is 29.3 Å². The van der Waals surface area contributed by atoms with Crippen LogP contribution in [0.1, 0.15) is 21.6 Å². The number of fused-ring (bicyclic) bond motifs is 1. The van der Waals surface area contributed by atoms with E-state index >= 15 is 0 Å². The smallest absolute Gasteiger partial charge is 0.188 e. The van der Waals surface area contributed by atoms with Crippen molar-refractivity contribution in [3.8, 4) is 5.75 Å². The van der Waals surface area contributed by atoms with E-state index < -0.39 is 0 Å². The molecule has 2 aromatic heterocycles. The molecule has 0 aliphatic carbocycles. The van der Waals surface area contributed by atoms with E-state index in [2.05, 4.69) is 15.3 Å². The standard InChI is InChI=1S/C20H18N4O2/c1-26-16-6-4-5-14(9-16)12-24-13-15(11-21-24)10-19(25)20-17-7-2-3-8-18(17)22-23-20/h2-9,11,13H,10,12H2,1H3,(H,22,23). The molecule has 4 aromatic rings. The van der Waals surface area contributed by atoms with E-state index in [1.54, 1.807) is 13.3 Å². The minimum atomic E-state index is -0.0246. The zero-order valence-electron chi connectivity index (χ0n) is 14.3. The molecule has 0 aliphatic heterocycles. The van der Waals surface area contributed by atoms with Gasteiger partial charge in [-0.25, -0.2) is 0 Å². The molecule has 2 heterocycles. The van der Waals surface area contributed by atoms with Crippen LogP contribution in [0.25, 0.3) is 10.9 Å². The van der Waals surface area contributed by atoms with Crippen LogP contribution >= 0.6 is 0 Å². The molecule has 0 aliphatic rings. The number of aromatic amines is 1. The summed E-state index contributed by atoms with van der Waals surface area (Å²) in [5.41, 5.74) is 3.29. The van der Waals surface area contributed by atoms with Crippen LogP contribution in [0.15, 0.2) is 60.9 Å². The Hall–Kier alpha value is -3.41. The summed E-state index contributed by atoms with van der Waals surface area (Å²) in [5, 5.41) is 12.3. The third-order valence-electron chi connectivity index (χ3n) is 4.26. The second kappa shape index (κ2) is 6.84. The van der Waals surface area contributed by atoms with Crippen molar-refractivity contribution in [1.82, 2.24) is 20.0 Å². The number of aromatic nitrogens is 4. The number of para-hydroxylation sites is 1. The minimum absolute atomic E-state index is 0.0246. The third kappa shape index (κ3) is 3.21. The maximum atomic E-state index is 12.6. The van der Waals surface area contributed by atoms with Crippen LogP contribution in [0.4, 0.5) is 0 Å². The van der Waals surface area contributed by atoms with Gasteiger partial charge in [0.2, 0.25) is 0 Å². The van der Waals surface area contributed by atoms with E-state index in [4.69, 9.17) is 4.74 Å². The van der Waals surface area contributed by atoms with Gasteiger partial charge in [-0.1, -0.05) is 30.3 Å². The number of Topliss-reactive ketones (excluding diaryl/α,β-unsaturated/α-hetero) is 1. The number of hydrogen-bond donors (Lipinski definition) is 1. The summed E-state index contributed by atoms with van der Waals surface area (Å²) in [6, 6.07) is 15.5. The molecule has 0 fully saturated rings. The van der Waals surface area contributed by atoms with Crippen molar-refractivity contribution in [3.63, 3.8) is 0 Å². The van der Waals surface area contributed by atoms with Gasteiger partial charge >= 0.3 is 0 Å². The van der Waals surface area contributed by atoms with Crippen LogP contribution in [-0.4, -0.2) is 32.9 Å². The average Bonchev–Trinajstić information content (AvgIpc) is 3.28. The van der Waals surface area contributed by atoms with Gasteiger partial charge in [0.15, 0.2) is 5.78 Å². The molecule has 0 amide bonds. The number of ether oxygens (including phenoxy) is 1. The molecular formula is C20H18N4O2. The minimum Gasteiger partial charge on any atom is -0.497 e. The summed E-state index contributed by atoms with van der Waals surface area (Å²) >= 11 is 0. The molecule has 0 saturated heterocycles. The Morgan fingerprint density at radius 1 is 1.15 bits per heavy atom. The van der Waals surface area contributed by atoms with Gasteiger partial charge in [0, 0.05) is 18.0 Å². The van der Waals surface area contributed by atoms with Crippen molar-refractivity contribution in [2.75, 3.05) is 7.11 Å². The van der Waals surface area contributed by atoms with Crippen molar-refractivity contribution < 1.29 is 9.53 Å². The summed E-state index contributed by atoms with van der Waals surface area (Å²) in [6.07, 6.45) is 3.89. The van der Waals surface area contributed by atoms with Gasteiger partial charge in [-0.3, -0.25) is 14.6 Å². The first-order chi connectivity index (χ1) is 12.7. The van der Waals surface area contributed by atoms with Crippen molar-refractivity contribution in [3.05, 3.63) is 77.7 Å². The van der Waals surface area contributed by atoms with E-state index in [9.17, 15) is 4.79 Å². The lowest BCUT2D eigenvalue weighted by atomic mass is 10.1. The number of nitrogens with one attached hydrogen (secondary N) is 1. The zero-order chi connectivity index (χ0) is 17.9. The Balaban J connectivity index is 1.48. The number of carbonyl (C=O) groups excluding carboxylic acids is 1. The highest BCUT2D eigenvalue weighted by molar-refractivity contribution is 6.06. The monoisotopic (exact) mass is 346 g/mol. The molecule has 2 aromatic carbocycles. The predicted octanol–water partition coefficient (Wildman–Crippen LogP) is 3.24. The Morgan fingerprint density at radius 3 is 2.92 bits per heavy atom. The highest BCUT2D eigenvalue weighted by Gasteiger charge is 2.15. The first-order valence-corrected chi connectivity index (χ1v) is 8.33. The summed E-state index contributed by atoms with van der Waals surface area (Å²) in [7, 11) is 1.65. The Morgan fingerprint density at radius 2 is 2.04 bits per heavy atom. The Kier molecular flexibility index (Phi) is 4.23. The highest BCUT2D eigenvalue weighted by atomic mass is 16.5. The molecular weight excluding hydrogens is 328 g/mol. The second-order valence-electron chi connectivity index (χ2n) is 6.12. The highest BCUT2D eigenvalue weighted by Crippen LogP contribution is 2.18. The number of ketones is 1. The molecule has 130 valence electrons. The van der Waals surface area contributed by atoms with Crippen LogP contribution in [0.2, 0.25) is 0 Å². The lowest BCUT2D eigenvalue weighted by molar-refractivity contribution is 0.0989. The van der Waals surface area contributed by atoms with Crippen LogP contribution in [0.3, 0.4) is 0 Å². The lowest BCUT2D eigenvalue weighted by Gasteiger charge is -2.04. The maximum absolute atomic E-state index is 12.6. The zero-order valence-corrected chi connectivity index (χ0v) is 14.3. The molecule has 0 bridgehead atoms. The lowest BCUT2D eigenvalue weighted by Crippen LogP contribution is -2.04. The van der Waals surface area contributed by atoms with Crippen molar-refractivity contribution in [1.29, 1.82) is 0 Å². The first-order valence-electron chi connectivity index (χ1n) is 8.33. The molecule has 0 saturated carbocycles. The van der Waals surface area contributed by atoms with Crippen molar-refractivity contribution >= 4 is 16.7 Å². The third-order valence-corrected chi connectivity index (χ3v) is 4.26. The van der Waals surface area contributed by atoms with Gasteiger partial charge in [-0.2, -0.15) is 10.2 Å². The Bertz CT molecular complexity index is 1060. The van der Waals surface area contributed by atoms with Gasteiger partial charge in [0.25, 0.3) is 0 Å². The largest absolute Gasteiger partial charge is 0.497 e. The predicted molar refractivity (Wildman–Crippen MR) is 98.5 cm³/mol. The molecule has 0 radical (unpaired) electrons. The second-order valence-corrected chi connectivity index (χ2v) is 6.12. The van der Waals surface area contributed by atoms with Crippen LogP contribution in [0.5, 0.6) is 5.75 Å². The molecule has 4 rings (SSSR count). The van der Waals surface area contributed by atoms with E-state index in [1.807, 2.05) is 59.4 Å². The SMILES string of the molecule is COc1cccc(Cn2cc(CC(=O)c3n[nH]c4ccccc34)cn2)c1. The summed E-state index contributed by atoms with van der Waals surface area (Å²) in [6.45, 7) is 0.622. The van der Waals surface area contributed by atoms with E-state index in [0.717, 1.165) is 27.8 Å². The van der Waals surface area contributed by atoms with Crippen molar-refractivity contribution in [2.24, 2.45) is 0 Å². The molecule has 26 heavy (non-hydrogen) atoms. The van der Waals surface area contributed by atoms with E-state index in [0.29, 0.717) is 12.2 Å². The number of benzene rings is 2. The first kappa shape index (κ1) is 16.1. The average molecular weight is 346 g/mol. The molecule has 0 unspecified atom stereocenters. The quantitative estimate of drug-likeness (QED) is 0.544. The molecule has 0 spiro atoms. The topological polar surface area (TPSA) is 72.8 Å². The van der Waals surface area contributed by atoms with E-state index in [-0.39, 0.29) is 12.2 Å². The summed E-state index contributed by atoms with van der Waals surface area (Å²) in [5.74, 6) is 0.791. The van der Waals surface area contributed by atoms with Crippen molar-refractivity contribution in [2.45, 2.75) is 13.0 Å². The Labute approximate surface area is 150 Å². The fourth-order valence-electron chi connectivity index (χ4n) is 2.99. The van der Waals surface area contributed by atoms with Crippen LogP contribution in [-0.2, 0) is 13.0 Å². The normalized spacial score (nSPS) is 11.0. The molecule has 0 atom stereocenters. The summed E-state index contributed by atoms with van der Waals surface area (Å²) in [4.78, 5) is 12.6. The maximum Gasteiger partial charge on any atom is 0.188 e. The fourth-order valence-corrected chi connectivity index (χ4v) is 2.99. The van der Waals surface area contributed by atoms with Gasteiger partial charge < -0.3 is 4.74 Å². The molecule has 1 N–H and O–H groups in total. The van der Waals surface area contributed by atoms with Gasteiger partial charge in [0.1, 0.15) is 11.4 Å². The molecule has 6 heteroatoms. The fraction of sp³-hybridized carbons (Fsp3) is 0.150. The number of rotatable bonds is 6. The van der Waals surface area contributed by atoms with Gasteiger partial charge in [-0.15, -0.1) is 0 Å². The number of nitrogens with zero attached hydrogens (tertiary/aromatic N) is 3. The number of methoxy groups -OCH3 is 1. The summed E-state index contributed by atoms with van der Waals surface area (Å²) < 4.78 is 7.06. The number of hydrogen-bond acceptors (Lipinski definition) is 4. The van der Waals surface area contributed by atoms with Crippen LogP contribution in [0, 0.1) is 0 Å². The molecule has 6 nitrogen and oxygen atoms in total. The number of H-pyrrole nitrogens is 1. The van der Waals surface area contributed by atoms with Gasteiger partial charge in [0.05, 0.1) is 25.4 Å². The number of carbonyl (C=O) groups is 1.